The third kappa shape index (κ3) is 3.70. The molecule has 0 radical (unpaired) electrons. The SMILES string of the molecule is CN(Cc1csc(C2CC2)n1)C1CN(c2ccc(C(C)(C)C)nn2)C1. The fraction of sp³-hybridized carbons (Fsp3) is 0.632. The Morgan fingerprint density at radius 2 is 1.96 bits per heavy atom. The zero-order valence-corrected chi connectivity index (χ0v) is 16.4. The number of hydrogen-bond donors (Lipinski definition) is 0. The fourth-order valence-corrected chi connectivity index (χ4v) is 4.09. The van der Waals surface area contributed by atoms with E-state index in [4.69, 9.17) is 4.98 Å². The van der Waals surface area contributed by atoms with Crippen molar-refractivity contribution in [2.24, 2.45) is 0 Å². The highest BCUT2D eigenvalue weighted by molar-refractivity contribution is 7.09. The molecule has 4 rings (SSSR count). The van der Waals surface area contributed by atoms with Gasteiger partial charge in [-0.25, -0.2) is 4.98 Å². The summed E-state index contributed by atoms with van der Waals surface area (Å²) >= 11 is 1.83. The van der Waals surface area contributed by atoms with Gasteiger partial charge in [-0.2, -0.15) is 5.10 Å². The number of aromatic nitrogens is 3. The van der Waals surface area contributed by atoms with Crippen LogP contribution in [0.5, 0.6) is 0 Å². The standard InChI is InChI=1S/C19H27N5S/c1-19(2,3)16-7-8-17(22-21-16)24-10-15(11-24)23(4)9-14-12-25-18(20-14)13-5-6-13/h7-8,12-13,15H,5-6,9-11H2,1-4H3. The smallest absolute Gasteiger partial charge is 0.151 e. The van der Waals surface area contributed by atoms with Gasteiger partial charge >= 0.3 is 0 Å². The molecule has 2 aromatic heterocycles. The van der Waals surface area contributed by atoms with E-state index in [2.05, 4.69) is 65.3 Å². The van der Waals surface area contributed by atoms with Crippen LogP contribution in [-0.4, -0.2) is 46.3 Å². The van der Waals surface area contributed by atoms with Gasteiger partial charge in [0.1, 0.15) is 0 Å². The van der Waals surface area contributed by atoms with Gasteiger partial charge in [0, 0.05) is 42.4 Å². The maximum absolute atomic E-state index is 4.80. The lowest BCUT2D eigenvalue weighted by Gasteiger charge is -2.44. The Balaban J connectivity index is 1.30. The van der Waals surface area contributed by atoms with Crippen molar-refractivity contribution in [3.05, 3.63) is 33.9 Å². The van der Waals surface area contributed by atoms with Crippen LogP contribution < -0.4 is 4.90 Å². The van der Waals surface area contributed by atoms with Crippen molar-refractivity contribution in [1.29, 1.82) is 0 Å². The summed E-state index contributed by atoms with van der Waals surface area (Å²) in [6.07, 6.45) is 2.66. The van der Waals surface area contributed by atoms with Crippen molar-refractivity contribution >= 4 is 17.2 Å². The lowest BCUT2D eigenvalue weighted by molar-refractivity contribution is 0.195. The molecule has 0 aromatic carbocycles. The molecule has 2 fully saturated rings. The molecular weight excluding hydrogens is 330 g/mol. The van der Waals surface area contributed by atoms with Gasteiger partial charge in [0.05, 0.1) is 16.4 Å². The number of nitrogens with zero attached hydrogens (tertiary/aromatic N) is 5. The van der Waals surface area contributed by atoms with Crippen molar-refractivity contribution < 1.29 is 0 Å². The van der Waals surface area contributed by atoms with Crippen molar-refractivity contribution in [2.45, 2.75) is 57.5 Å². The summed E-state index contributed by atoms with van der Waals surface area (Å²) in [6.45, 7) is 9.46. The van der Waals surface area contributed by atoms with Gasteiger partial charge in [-0.1, -0.05) is 20.8 Å². The molecule has 1 saturated carbocycles. The van der Waals surface area contributed by atoms with E-state index in [-0.39, 0.29) is 5.41 Å². The van der Waals surface area contributed by atoms with Crippen molar-refractivity contribution in [1.82, 2.24) is 20.1 Å². The van der Waals surface area contributed by atoms with Crippen molar-refractivity contribution in [3.8, 4) is 0 Å². The van der Waals surface area contributed by atoms with E-state index >= 15 is 0 Å². The average Bonchev–Trinajstić information content (AvgIpc) is 3.26. The molecule has 0 unspecified atom stereocenters. The normalized spacial score (nSPS) is 18.7. The highest BCUT2D eigenvalue weighted by Crippen LogP contribution is 2.41. The molecule has 2 aromatic rings. The molecule has 25 heavy (non-hydrogen) atoms. The second-order valence-electron chi connectivity index (χ2n) is 8.45. The van der Waals surface area contributed by atoms with E-state index in [1.54, 1.807) is 0 Å². The highest BCUT2D eigenvalue weighted by Gasteiger charge is 2.32. The monoisotopic (exact) mass is 357 g/mol. The third-order valence-corrected chi connectivity index (χ3v) is 6.19. The Morgan fingerprint density at radius 3 is 2.56 bits per heavy atom. The molecule has 3 heterocycles. The van der Waals surface area contributed by atoms with Crippen molar-refractivity contribution in [3.63, 3.8) is 0 Å². The first kappa shape index (κ1) is 16.9. The maximum Gasteiger partial charge on any atom is 0.151 e. The van der Waals surface area contributed by atoms with Crippen LogP contribution in [0.2, 0.25) is 0 Å². The minimum absolute atomic E-state index is 0.0517. The van der Waals surface area contributed by atoms with Crippen LogP contribution in [0.25, 0.3) is 0 Å². The Bertz CT molecular complexity index is 723. The predicted octanol–water partition coefficient (Wildman–Crippen LogP) is 3.43. The van der Waals surface area contributed by atoms with Crippen molar-refractivity contribution in [2.75, 3.05) is 25.0 Å². The summed E-state index contributed by atoms with van der Waals surface area (Å²) in [7, 11) is 2.20. The molecule has 0 N–H and O–H groups in total. The van der Waals surface area contributed by atoms with Gasteiger partial charge in [0.25, 0.3) is 0 Å². The lowest BCUT2D eigenvalue weighted by atomic mass is 9.92. The van der Waals surface area contributed by atoms with E-state index in [9.17, 15) is 0 Å². The summed E-state index contributed by atoms with van der Waals surface area (Å²) in [6, 6.07) is 4.77. The van der Waals surface area contributed by atoms with Crippen LogP contribution >= 0.6 is 11.3 Å². The molecule has 134 valence electrons. The number of likely N-dealkylation sites (N-methyl/N-ethyl adjacent to an activating group) is 1. The summed E-state index contributed by atoms with van der Waals surface area (Å²) in [4.78, 5) is 9.52. The fourth-order valence-electron chi connectivity index (χ4n) is 3.11. The molecule has 0 amide bonds. The predicted molar refractivity (Wildman–Crippen MR) is 102 cm³/mol. The largest absolute Gasteiger partial charge is 0.352 e. The van der Waals surface area contributed by atoms with E-state index in [1.807, 2.05) is 11.3 Å². The minimum Gasteiger partial charge on any atom is -0.352 e. The summed E-state index contributed by atoms with van der Waals surface area (Å²) < 4.78 is 0. The van der Waals surface area contributed by atoms with Crippen LogP contribution in [0.15, 0.2) is 17.5 Å². The van der Waals surface area contributed by atoms with Crippen LogP contribution in [-0.2, 0) is 12.0 Å². The Morgan fingerprint density at radius 1 is 1.20 bits per heavy atom. The number of thiazole rings is 1. The zero-order valence-electron chi connectivity index (χ0n) is 15.6. The van der Waals surface area contributed by atoms with Gasteiger partial charge in [-0.05, 0) is 32.0 Å². The van der Waals surface area contributed by atoms with E-state index in [1.165, 1.54) is 23.5 Å². The number of rotatable bonds is 5. The Hall–Kier alpha value is -1.53. The molecule has 5 nitrogen and oxygen atoms in total. The average molecular weight is 358 g/mol. The van der Waals surface area contributed by atoms with E-state index in [0.717, 1.165) is 37.1 Å². The first-order chi connectivity index (χ1) is 11.9. The lowest BCUT2D eigenvalue weighted by Crippen LogP contribution is -2.58. The summed E-state index contributed by atoms with van der Waals surface area (Å²) in [5, 5.41) is 12.4. The molecule has 1 aliphatic heterocycles. The van der Waals surface area contributed by atoms with Gasteiger partial charge in [0.15, 0.2) is 5.82 Å². The van der Waals surface area contributed by atoms with Gasteiger partial charge in [-0.15, -0.1) is 16.4 Å². The van der Waals surface area contributed by atoms with Crippen LogP contribution in [0.3, 0.4) is 0 Å². The molecule has 2 aliphatic rings. The molecule has 0 spiro atoms. The van der Waals surface area contributed by atoms with Gasteiger partial charge in [0.2, 0.25) is 0 Å². The summed E-state index contributed by atoms with van der Waals surface area (Å²) in [5.74, 6) is 1.75. The van der Waals surface area contributed by atoms with Crippen LogP contribution in [0.4, 0.5) is 5.82 Å². The molecular formula is C19H27N5S. The quantitative estimate of drug-likeness (QED) is 0.820. The second kappa shape index (κ2) is 6.32. The van der Waals surface area contributed by atoms with Crippen LogP contribution in [0.1, 0.15) is 55.9 Å². The first-order valence-corrected chi connectivity index (χ1v) is 10.0. The topological polar surface area (TPSA) is 45.2 Å². The number of anilines is 1. The highest BCUT2D eigenvalue weighted by atomic mass is 32.1. The van der Waals surface area contributed by atoms with E-state index < -0.39 is 0 Å². The van der Waals surface area contributed by atoms with Gasteiger partial charge in [-0.3, -0.25) is 4.90 Å². The first-order valence-electron chi connectivity index (χ1n) is 9.14. The van der Waals surface area contributed by atoms with Gasteiger partial charge < -0.3 is 4.90 Å². The maximum atomic E-state index is 4.80. The minimum atomic E-state index is 0.0517. The Labute approximate surface area is 154 Å². The number of hydrogen-bond acceptors (Lipinski definition) is 6. The van der Waals surface area contributed by atoms with Crippen LogP contribution in [0, 0.1) is 0 Å². The molecule has 0 atom stereocenters. The molecule has 1 saturated heterocycles. The third-order valence-electron chi connectivity index (χ3n) is 5.14. The zero-order chi connectivity index (χ0) is 17.6. The molecule has 6 heteroatoms. The molecule has 0 bridgehead atoms. The van der Waals surface area contributed by atoms with E-state index in [0.29, 0.717) is 6.04 Å². The summed E-state index contributed by atoms with van der Waals surface area (Å²) in [5.41, 5.74) is 2.32. The molecule has 1 aliphatic carbocycles. The Kier molecular flexibility index (Phi) is 4.28. The second-order valence-corrected chi connectivity index (χ2v) is 9.34.